The van der Waals surface area contributed by atoms with Gasteiger partial charge in [-0.15, -0.1) is 0 Å². The summed E-state index contributed by atoms with van der Waals surface area (Å²) >= 11 is 0. The summed E-state index contributed by atoms with van der Waals surface area (Å²) in [6, 6.07) is 4.16. The van der Waals surface area contributed by atoms with Gasteiger partial charge in [-0.2, -0.15) is 0 Å². The van der Waals surface area contributed by atoms with Crippen LogP contribution in [0.5, 0.6) is 0 Å². The molecule has 1 aromatic heterocycles. The van der Waals surface area contributed by atoms with E-state index in [0.29, 0.717) is 6.54 Å². The van der Waals surface area contributed by atoms with Crippen molar-refractivity contribution in [1.82, 2.24) is 15.6 Å². The summed E-state index contributed by atoms with van der Waals surface area (Å²) in [6.07, 6.45) is 0. The highest BCUT2D eigenvalue weighted by atomic mass is 16.4. The van der Waals surface area contributed by atoms with Crippen molar-refractivity contribution in [3.63, 3.8) is 0 Å². The molecule has 0 radical (unpaired) electrons. The number of hydrogen-bond donors (Lipinski definition) is 3. The molecule has 1 rings (SSSR count). The Morgan fingerprint density at radius 1 is 1.17 bits per heavy atom. The summed E-state index contributed by atoms with van der Waals surface area (Å²) in [7, 11) is 0. The van der Waals surface area contributed by atoms with E-state index in [0.717, 1.165) is 0 Å². The molecular formula is C11H13N3O4. The van der Waals surface area contributed by atoms with E-state index in [4.69, 9.17) is 5.11 Å². The minimum absolute atomic E-state index is 0.0257. The van der Waals surface area contributed by atoms with Crippen molar-refractivity contribution in [3.8, 4) is 0 Å². The van der Waals surface area contributed by atoms with E-state index in [9.17, 15) is 14.4 Å². The Kier molecular flexibility index (Phi) is 4.79. The average Bonchev–Trinajstić information content (AvgIpc) is 2.34. The maximum atomic E-state index is 11.6. The van der Waals surface area contributed by atoms with Gasteiger partial charge in [-0.05, 0) is 12.1 Å². The van der Waals surface area contributed by atoms with Crippen molar-refractivity contribution in [3.05, 3.63) is 29.6 Å². The SMILES string of the molecule is CC(=O)NCCNC(=O)c1cccc(C(=O)O)n1. The quantitative estimate of drug-likeness (QED) is 0.619. The first-order valence-corrected chi connectivity index (χ1v) is 5.23. The lowest BCUT2D eigenvalue weighted by Gasteiger charge is -2.05. The number of carbonyl (C=O) groups excluding carboxylic acids is 2. The molecule has 0 aliphatic rings. The zero-order valence-corrected chi connectivity index (χ0v) is 9.77. The number of carboxylic acids is 1. The van der Waals surface area contributed by atoms with Crippen molar-refractivity contribution in [1.29, 1.82) is 0 Å². The van der Waals surface area contributed by atoms with Gasteiger partial charge in [-0.1, -0.05) is 6.07 Å². The van der Waals surface area contributed by atoms with Crippen LogP contribution in [0.15, 0.2) is 18.2 Å². The predicted molar refractivity (Wildman–Crippen MR) is 62.2 cm³/mol. The van der Waals surface area contributed by atoms with Crippen LogP contribution in [0, 0.1) is 0 Å². The van der Waals surface area contributed by atoms with Gasteiger partial charge in [-0.25, -0.2) is 9.78 Å². The van der Waals surface area contributed by atoms with Crippen LogP contribution >= 0.6 is 0 Å². The lowest BCUT2D eigenvalue weighted by atomic mass is 10.3. The van der Waals surface area contributed by atoms with Gasteiger partial charge in [0.25, 0.3) is 5.91 Å². The average molecular weight is 251 g/mol. The number of carbonyl (C=O) groups is 3. The van der Waals surface area contributed by atoms with Crippen molar-refractivity contribution < 1.29 is 19.5 Å². The van der Waals surface area contributed by atoms with Crippen molar-refractivity contribution in [2.75, 3.05) is 13.1 Å². The Balaban J connectivity index is 2.53. The third-order valence-corrected chi connectivity index (χ3v) is 1.99. The fraction of sp³-hybridized carbons (Fsp3) is 0.273. The van der Waals surface area contributed by atoms with Crippen LogP contribution in [0.2, 0.25) is 0 Å². The first kappa shape index (κ1) is 13.6. The maximum Gasteiger partial charge on any atom is 0.354 e. The molecule has 0 bridgehead atoms. The molecule has 2 amide bonds. The van der Waals surface area contributed by atoms with Crippen LogP contribution in [0.3, 0.4) is 0 Å². The summed E-state index contributed by atoms with van der Waals surface area (Å²) in [5.41, 5.74) is -0.165. The van der Waals surface area contributed by atoms with Crippen LogP contribution < -0.4 is 10.6 Å². The lowest BCUT2D eigenvalue weighted by molar-refractivity contribution is -0.118. The number of aromatic nitrogens is 1. The molecule has 0 atom stereocenters. The number of nitrogens with zero attached hydrogens (tertiary/aromatic N) is 1. The van der Waals surface area contributed by atoms with Crippen molar-refractivity contribution in [2.24, 2.45) is 0 Å². The molecular weight excluding hydrogens is 238 g/mol. The normalized spacial score (nSPS) is 9.61. The van der Waals surface area contributed by atoms with Gasteiger partial charge >= 0.3 is 5.97 Å². The molecule has 7 heteroatoms. The van der Waals surface area contributed by atoms with Gasteiger partial charge in [-0.3, -0.25) is 9.59 Å². The zero-order chi connectivity index (χ0) is 13.5. The van der Waals surface area contributed by atoms with Crippen LogP contribution in [0.25, 0.3) is 0 Å². The van der Waals surface area contributed by atoms with E-state index in [1.54, 1.807) is 0 Å². The highest BCUT2D eigenvalue weighted by molar-refractivity contribution is 5.94. The number of rotatable bonds is 5. The van der Waals surface area contributed by atoms with E-state index in [1.165, 1.54) is 25.1 Å². The molecule has 0 aliphatic heterocycles. The maximum absolute atomic E-state index is 11.6. The topological polar surface area (TPSA) is 108 Å². The zero-order valence-electron chi connectivity index (χ0n) is 9.77. The van der Waals surface area contributed by atoms with E-state index in [1.807, 2.05) is 0 Å². The molecule has 3 N–H and O–H groups in total. The van der Waals surface area contributed by atoms with Crippen LogP contribution in [-0.4, -0.2) is 41.0 Å². The summed E-state index contributed by atoms with van der Waals surface area (Å²) in [6.45, 7) is 1.93. The standard InChI is InChI=1S/C11H13N3O4/c1-7(15)12-5-6-13-10(16)8-3-2-4-9(14-8)11(17)18/h2-4H,5-6H2,1H3,(H,12,15)(H,13,16)(H,17,18). The molecule has 18 heavy (non-hydrogen) atoms. The molecule has 96 valence electrons. The molecule has 0 fully saturated rings. The number of carboxylic acid groups (broad SMARTS) is 1. The van der Waals surface area contributed by atoms with Gasteiger partial charge in [0.05, 0.1) is 0 Å². The van der Waals surface area contributed by atoms with Crippen molar-refractivity contribution >= 4 is 17.8 Å². The summed E-state index contributed by atoms with van der Waals surface area (Å²) in [5.74, 6) is -1.86. The first-order chi connectivity index (χ1) is 8.50. The molecule has 0 unspecified atom stereocenters. The van der Waals surface area contributed by atoms with Crippen LogP contribution in [0.4, 0.5) is 0 Å². The number of amides is 2. The number of aromatic carboxylic acids is 1. The Hall–Kier alpha value is -2.44. The van der Waals surface area contributed by atoms with Crippen LogP contribution in [-0.2, 0) is 4.79 Å². The third-order valence-electron chi connectivity index (χ3n) is 1.99. The fourth-order valence-corrected chi connectivity index (χ4v) is 1.19. The molecule has 0 spiro atoms. The Labute approximate surface area is 103 Å². The smallest absolute Gasteiger partial charge is 0.354 e. The molecule has 1 aromatic rings. The van der Waals surface area contributed by atoms with Gasteiger partial charge in [0.15, 0.2) is 0 Å². The van der Waals surface area contributed by atoms with Gasteiger partial charge in [0.2, 0.25) is 5.91 Å². The second-order valence-corrected chi connectivity index (χ2v) is 3.45. The van der Waals surface area contributed by atoms with E-state index < -0.39 is 11.9 Å². The predicted octanol–water partition coefficient (Wildman–Crippen LogP) is -0.354. The Bertz CT molecular complexity index is 473. The first-order valence-electron chi connectivity index (χ1n) is 5.23. The summed E-state index contributed by atoms with van der Waals surface area (Å²) in [5, 5.41) is 13.7. The van der Waals surface area contributed by atoms with Gasteiger partial charge < -0.3 is 15.7 Å². The highest BCUT2D eigenvalue weighted by Crippen LogP contribution is 1.99. The number of hydrogen-bond acceptors (Lipinski definition) is 4. The Morgan fingerprint density at radius 2 is 1.78 bits per heavy atom. The Morgan fingerprint density at radius 3 is 2.39 bits per heavy atom. The molecule has 0 saturated carbocycles. The van der Waals surface area contributed by atoms with Gasteiger partial charge in [0.1, 0.15) is 11.4 Å². The molecule has 7 nitrogen and oxygen atoms in total. The molecule has 1 heterocycles. The van der Waals surface area contributed by atoms with Gasteiger partial charge in [0, 0.05) is 20.0 Å². The summed E-state index contributed by atoms with van der Waals surface area (Å²) in [4.78, 5) is 36.5. The second kappa shape index (κ2) is 6.33. The largest absolute Gasteiger partial charge is 0.477 e. The minimum Gasteiger partial charge on any atom is -0.477 e. The monoisotopic (exact) mass is 251 g/mol. The number of nitrogens with one attached hydrogen (secondary N) is 2. The van der Waals surface area contributed by atoms with Crippen LogP contribution in [0.1, 0.15) is 27.9 Å². The highest BCUT2D eigenvalue weighted by Gasteiger charge is 2.10. The number of pyridine rings is 1. The molecule has 0 saturated heterocycles. The van der Waals surface area contributed by atoms with E-state index in [2.05, 4.69) is 15.6 Å². The molecule has 0 aromatic carbocycles. The lowest BCUT2D eigenvalue weighted by Crippen LogP contribution is -2.34. The third kappa shape index (κ3) is 4.20. The molecule has 0 aliphatic carbocycles. The van der Waals surface area contributed by atoms with Crippen molar-refractivity contribution in [2.45, 2.75) is 6.92 Å². The second-order valence-electron chi connectivity index (χ2n) is 3.45. The fourth-order valence-electron chi connectivity index (χ4n) is 1.19. The van der Waals surface area contributed by atoms with E-state index >= 15 is 0 Å². The summed E-state index contributed by atoms with van der Waals surface area (Å²) < 4.78 is 0. The van der Waals surface area contributed by atoms with E-state index in [-0.39, 0.29) is 23.8 Å². The minimum atomic E-state index is -1.19.